The summed E-state index contributed by atoms with van der Waals surface area (Å²) in [4.78, 5) is 4.55. The van der Waals surface area contributed by atoms with Crippen LogP contribution in [0.15, 0.2) is 18.3 Å². The van der Waals surface area contributed by atoms with Gasteiger partial charge in [0.1, 0.15) is 5.65 Å². The van der Waals surface area contributed by atoms with E-state index in [9.17, 15) is 0 Å². The average Bonchev–Trinajstić information content (AvgIpc) is 2.54. The summed E-state index contributed by atoms with van der Waals surface area (Å²) in [5.74, 6) is 0. The molecule has 0 radical (unpaired) electrons. The number of nitrogens with one attached hydrogen (secondary N) is 1. The molecule has 0 unspecified atom stereocenters. The molecule has 0 saturated heterocycles. The Balaban J connectivity index is 2.31. The highest BCUT2D eigenvalue weighted by Crippen LogP contribution is 2.18. The monoisotopic (exact) mass is 207 g/mol. The van der Waals surface area contributed by atoms with Crippen LogP contribution < -0.4 is 5.32 Å². The van der Waals surface area contributed by atoms with Crippen LogP contribution in [0.4, 0.5) is 0 Å². The van der Waals surface area contributed by atoms with Crippen molar-refractivity contribution in [2.75, 3.05) is 6.54 Å². The van der Waals surface area contributed by atoms with Gasteiger partial charge in [-0.2, -0.15) is 0 Å². The summed E-state index contributed by atoms with van der Waals surface area (Å²) >= 11 is 5.91. The van der Waals surface area contributed by atoms with Gasteiger partial charge in [-0.25, -0.2) is 4.98 Å². The fourth-order valence-corrected chi connectivity index (χ4v) is 2.07. The summed E-state index contributed by atoms with van der Waals surface area (Å²) in [6.45, 7) is 1.92. The number of rotatable bonds is 0. The Hall–Kier alpha value is -1.06. The molecular weight excluding hydrogens is 198 g/mol. The molecule has 72 valence electrons. The van der Waals surface area contributed by atoms with Crippen LogP contribution in [0, 0.1) is 0 Å². The predicted octanol–water partition coefficient (Wildman–Crippen LogP) is 1.63. The summed E-state index contributed by atoms with van der Waals surface area (Å²) in [7, 11) is 0. The fourth-order valence-electron chi connectivity index (χ4n) is 1.92. The molecule has 3 nitrogen and oxygen atoms in total. The van der Waals surface area contributed by atoms with Crippen molar-refractivity contribution < 1.29 is 0 Å². The Kier molecular flexibility index (Phi) is 1.75. The molecule has 2 aromatic heterocycles. The minimum absolute atomic E-state index is 0.743. The Morgan fingerprint density at radius 1 is 1.50 bits per heavy atom. The number of hydrogen-bond acceptors (Lipinski definition) is 2. The SMILES string of the molecule is Clc1ccn2c3c(nc2c1)CCNC3. The molecule has 0 aromatic carbocycles. The molecule has 1 aliphatic heterocycles. The van der Waals surface area contributed by atoms with Crippen LogP contribution in [0.1, 0.15) is 11.4 Å². The third kappa shape index (κ3) is 1.13. The van der Waals surface area contributed by atoms with Crippen LogP contribution in [-0.2, 0) is 13.0 Å². The molecular formula is C10H10ClN3. The van der Waals surface area contributed by atoms with Gasteiger partial charge in [0.05, 0.1) is 11.4 Å². The first-order valence-electron chi connectivity index (χ1n) is 4.71. The maximum Gasteiger partial charge on any atom is 0.138 e. The highest BCUT2D eigenvalue weighted by Gasteiger charge is 2.15. The molecule has 3 heterocycles. The number of halogens is 1. The van der Waals surface area contributed by atoms with E-state index in [-0.39, 0.29) is 0 Å². The summed E-state index contributed by atoms with van der Waals surface area (Å²) < 4.78 is 2.10. The summed E-state index contributed by atoms with van der Waals surface area (Å²) in [6.07, 6.45) is 2.99. The number of aromatic nitrogens is 2. The van der Waals surface area contributed by atoms with E-state index in [1.807, 2.05) is 18.3 Å². The molecule has 0 fully saturated rings. The van der Waals surface area contributed by atoms with Gasteiger partial charge in [-0.1, -0.05) is 11.6 Å². The van der Waals surface area contributed by atoms with Crippen molar-refractivity contribution >= 4 is 17.2 Å². The van der Waals surface area contributed by atoms with E-state index < -0.39 is 0 Å². The Morgan fingerprint density at radius 3 is 3.36 bits per heavy atom. The smallest absolute Gasteiger partial charge is 0.138 e. The number of pyridine rings is 1. The second kappa shape index (κ2) is 2.97. The number of fused-ring (bicyclic) bond motifs is 3. The van der Waals surface area contributed by atoms with Gasteiger partial charge >= 0.3 is 0 Å². The first kappa shape index (κ1) is 8.26. The molecule has 14 heavy (non-hydrogen) atoms. The zero-order valence-electron chi connectivity index (χ0n) is 7.63. The molecule has 2 aromatic rings. The predicted molar refractivity (Wildman–Crippen MR) is 55.6 cm³/mol. The average molecular weight is 208 g/mol. The van der Waals surface area contributed by atoms with Gasteiger partial charge in [0.2, 0.25) is 0 Å². The topological polar surface area (TPSA) is 29.3 Å². The van der Waals surface area contributed by atoms with E-state index in [4.69, 9.17) is 11.6 Å². The molecule has 4 heteroatoms. The molecule has 0 atom stereocenters. The van der Waals surface area contributed by atoms with Gasteiger partial charge in [0, 0.05) is 36.8 Å². The van der Waals surface area contributed by atoms with E-state index in [1.54, 1.807) is 0 Å². The number of imidazole rings is 1. The Labute approximate surface area is 86.7 Å². The summed E-state index contributed by atoms with van der Waals surface area (Å²) in [5.41, 5.74) is 3.42. The van der Waals surface area contributed by atoms with Crippen LogP contribution in [-0.4, -0.2) is 15.9 Å². The van der Waals surface area contributed by atoms with Crippen molar-refractivity contribution in [2.45, 2.75) is 13.0 Å². The lowest BCUT2D eigenvalue weighted by Crippen LogP contribution is -2.24. The number of nitrogens with zero attached hydrogens (tertiary/aromatic N) is 2. The second-order valence-electron chi connectivity index (χ2n) is 3.51. The first-order valence-corrected chi connectivity index (χ1v) is 5.08. The van der Waals surface area contributed by atoms with E-state index in [2.05, 4.69) is 14.7 Å². The summed E-state index contributed by atoms with van der Waals surface area (Å²) in [5, 5.41) is 4.08. The van der Waals surface area contributed by atoms with Gasteiger partial charge in [0.25, 0.3) is 0 Å². The van der Waals surface area contributed by atoms with E-state index in [0.29, 0.717) is 0 Å². The van der Waals surface area contributed by atoms with Crippen LogP contribution in [0.5, 0.6) is 0 Å². The molecule has 0 spiro atoms. The lowest BCUT2D eigenvalue weighted by atomic mass is 10.2. The van der Waals surface area contributed by atoms with Crippen molar-refractivity contribution in [2.24, 2.45) is 0 Å². The van der Waals surface area contributed by atoms with Gasteiger partial charge in [-0.3, -0.25) is 0 Å². The molecule has 1 N–H and O–H groups in total. The zero-order valence-corrected chi connectivity index (χ0v) is 8.38. The van der Waals surface area contributed by atoms with Gasteiger partial charge < -0.3 is 9.72 Å². The van der Waals surface area contributed by atoms with Crippen LogP contribution in [0.25, 0.3) is 5.65 Å². The van der Waals surface area contributed by atoms with Crippen LogP contribution >= 0.6 is 11.6 Å². The minimum Gasteiger partial charge on any atom is -0.311 e. The van der Waals surface area contributed by atoms with E-state index in [1.165, 1.54) is 11.4 Å². The van der Waals surface area contributed by atoms with E-state index >= 15 is 0 Å². The second-order valence-corrected chi connectivity index (χ2v) is 3.94. The van der Waals surface area contributed by atoms with Gasteiger partial charge in [-0.05, 0) is 6.07 Å². The van der Waals surface area contributed by atoms with Crippen molar-refractivity contribution in [1.82, 2.24) is 14.7 Å². The normalized spacial score (nSPS) is 15.8. The highest BCUT2D eigenvalue weighted by molar-refractivity contribution is 6.30. The third-order valence-electron chi connectivity index (χ3n) is 2.60. The molecule has 1 aliphatic rings. The molecule has 0 amide bonds. The van der Waals surface area contributed by atoms with E-state index in [0.717, 1.165) is 30.2 Å². The highest BCUT2D eigenvalue weighted by atomic mass is 35.5. The molecule has 3 rings (SSSR count). The third-order valence-corrected chi connectivity index (χ3v) is 2.84. The van der Waals surface area contributed by atoms with Gasteiger partial charge in [0.15, 0.2) is 0 Å². The van der Waals surface area contributed by atoms with Crippen molar-refractivity contribution in [1.29, 1.82) is 0 Å². The summed E-state index contributed by atoms with van der Waals surface area (Å²) in [6, 6.07) is 3.80. The quantitative estimate of drug-likeness (QED) is 0.712. The molecule has 0 saturated carbocycles. The maximum atomic E-state index is 5.91. The standard InChI is InChI=1S/C10H10ClN3/c11-7-2-4-14-9-6-12-3-1-8(9)13-10(14)5-7/h2,4-5,12H,1,3,6H2. The van der Waals surface area contributed by atoms with Crippen LogP contribution in [0.2, 0.25) is 5.02 Å². The minimum atomic E-state index is 0.743. The number of hydrogen-bond donors (Lipinski definition) is 1. The Morgan fingerprint density at radius 2 is 2.43 bits per heavy atom. The molecule has 0 aliphatic carbocycles. The van der Waals surface area contributed by atoms with Crippen molar-refractivity contribution in [3.05, 3.63) is 34.7 Å². The maximum absolute atomic E-state index is 5.91. The van der Waals surface area contributed by atoms with Crippen LogP contribution in [0.3, 0.4) is 0 Å². The first-order chi connectivity index (χ1) is 6.84. The van der Waals surface area contributed by atoms with Crippen molar-refractivity contribution in [3.8, 4) is 0 Å². The molecule has 0 bridgehead atoms. The lowest BCUT2D eigenvalue weighted by molar-refractivity contribution is 0.621. The Bertz CT molecular complexity index is 489. The van der Waals surface area contributed by atoms with Gasteiger partial charge in [-0.15, -0.1) is 0 Å². The lowest BCUT2D eigenvalue weighted by Gasteiger charge is -2.11. The van der Waals surface area contributed by atoms with Crippen molar-refractivity contribution in [3.63, 3.8) is 0 Å². The zero-order chi connectivity index (χ0) is 9.54. The fraction of sp³-hybridized carbons (Fsp3) is 0.300. The largest absolute Gasteiger partial charge is 0.311 e.